The van der Waals surface area contributed by atoms with E-state index in [4.69, 9.17) is 10.2 Å². The lowest BCUT2D eigenvalue weighted by molar-refractivity contribution is 0.188. The molecule has 2 nitrogen and oxygen atoms in total. The highest BCUT2D eigenvalue weighted by molar-refractivity contribution is 14.1. The second kappa shape index (κ2) is 9.06. The van der Waals surface area contributed by atoms with Crippen LogP contribution in [-0.4, -0.2) is 14.1 Å². The van der Waals surface area contributed by atoms with Gasteiger partial charge in [-0.1, -0.05) is 61.6 Å². The number of alkyl halides is 1. The predicted molar refractivity (Wildman–Crippen MR) is 77.5 cm³/mol. The molecule has 0 heterocycles. The van der Waals surface area contributed by atoms with Crippen LogP contribution < -0.4 is 0 Å². The van der Waals surface area contributed by atoms with Gasteiger partial charge in [-0.15, -0.1) is 0 Å². The van der Waals surface area contributed by atoms with Crippen molar-refractivity contribution < 1.29 is 10.2 Å². The maximum Gasteiger partial charge on any atom is 0.284 e. The van der Waals surface area contributed by atoms with Crippen LogP contribution in [0.4, 0.5) is 0 Å². The highest BCUT2D eigenvalue weighted by atomic mass is 127. The van der Waals surface area contributed by atoms with Crippen LogP contribution in [0.15, 0.2) is 9.53 Å². The fourth-order valence-corrected chi connectivity index (χ4v) is 2.22. The quantitative estimate of drug-likeness (QED) is 0.265. The van der Waals surface area contributed by atoms with E-state index in [1.54, 1.807) is 0 Å². The SMILES string of the molecule is CCCCCCCC(I)C(I)=C(O)O. The van der Waals surface area contributed by atoms with Crippen LogP contribution in [0.1, 0.15) is 45.4 Å². The van der Waals surface area contributed by atoms with Crippen molar-refractivity contribution in [2.75, 3.05) is 0 Å². The van der Waals surface area contributed by atoms with E-state index in [2.05, 4.69) is 29.5 Å². The first-order chi connectivity index (χ1) is 6.59. The van der Waals surface area contributed by atoms with E-state index in [9.17, 15) is 0 Å². The van der Waals surface area contributed by atoms with Crippen LogP contribution in [0.25, 0.3) is 0 Å². The smallest absolute Gasteiger partial charge is 0.284 e. The molecule has 2 N–H and O–H groups in total. The second-order valence-electron chi connectivity index (χ2n) is 3.34. The van der Waals surface area contributed by atoms with Gasteiger partial charge in [-0.3, -0.25) is 0 Å². The summed E-state index contributed by atoms with van der Waals surface area (Å²) in [5.74, 6) is -0.515. The first-order valence-corrected chi connectivity index (χ1v) is 7.33. The molecule has 1 atom stereocenters. The third kappa shape index (κ3) is 7.14. The highest BCUT2D eigenvalue weighted by Gasteiger charge is 2.11. The van der Waals surface area contributed by atoms with Crippen molar-refractivity contribution in [2.24, 2.45) is 0 Å². The Morgan fingerprint density at radius 1 is 1.14 bits per heavy atom. The number of unbranched alkanes of at least 4 members (excludes halogenated alkanes) is 4. The maximum absolute atomic E-state index is 8.85. The molecule has 0 aliphatic carbocycles. The molecule has 0 saturated heterocycles. The van der Waals surface area contributed by atoms with Crippen molar-refractivity contribution in [1.29, 1.82) is 0 Å². The zero-order valence-electron chi connectivity index (χ0n) is 8.47. The molecule has 0 rings (SSSR count). The van der Waals surface area contributed by atoms with Gasteiger partial charge in [0, 0.05) is 3.92 Å². The lowest BCUT2D eigenvalue weighted by Crippen LogP contribution is -2.00. The molecule has 0 spiro atoms. The summed E-state index contributed by atoms with van der Waals surface area (Å²) in [7, 11) is 0. The molecule has 0 saturated carbocycles. The van der Waals surface area contributed by atoms with E-state index in [1.807, 2.05) is 22.6 Å². The fraction of sp³-hybridized carbons (Fsp3) is 0.800. The summed E-state index contributed by atoms with van der Waals surface area (Å²) in [6, 6.07) is 0. The lowest BCUT2D eigenvalue weighted by atomic mass is 10.1. The van der Waals surface area contributed by atoms with Gasteiger partial charge in [0.2, 0.25) is 0 Å². The predicted octanol–water partition coefficient (Wildman–Crippen LogP) is 4.87. The molecule has 0 aromatic rings. The molecule has 0 amide bonds. The highest BCUT2D eigenvalue weighted by Crippen LogP contribution is 2.26. The summed E-state index contributed by atoms with van der Waals surface area (Å²) in [6.45, 7) is 2.20. The maximum atomic E-state index is 8.85. The number of hydrogen-bond acceptors (Lipinski definition) is 2. The van der Waals surface area contributed by atoms with Crippen LogP contribution in [-0.2, 0) is 0 Å². The van der Waals surface area contributed by atoms with Gasteiger partial charge in [-0.05, 0) is 29.0 Å². The number of hydrogen-bond donors (Lipinski definition) is 2. The molecule has 1 unspecified atom stereocenters. The minimum atomic E-state index is -0.515. The third-order valence-electron chi connectivity index (χ3n) is 2.05. The Hall–Kier alpha value is 0.800. The van der Waals surface area contributed by atoms with Gasteiger partial charge in [0.1, 0.15) is 0 Å². The fourth-order valence-electron chi connectivity index (χ4n) is 1.19. The Morgan fingerprint density at radius 2 is 1.71 bits per heavy atom. The number of halogens is 2. The van der Waals surface area contributed by atoms with Gasteiger partial charge in [-0.2, -0.15) is 0 Å². The average Bonchev–Trinajstić information content (AvgIpc) is 2.16. The third-order valence-corrected chi connectivity index (χ3v) is 5.72. The molecule has 0 aliphatic heterocycles. The molecular weight excluding hydrogens is 406 g/mol. The van der Waals surface area contributed by atoms with Gasteiger partial charge in [-0.25, -0.2) is 0 Å². The van der Waals surface area contributed by atoms with Crippen molar-refractivity contribution in [3.63, 3.8) is 0 Å². The molecule has 4 heteroatoms. The van der Waals surface area contributed by atoms with Crippen LogP contribution >= 0.6 is 45.2 Å². The molecule has 0 aliphatic rings. The van der Waals surface area contributed by atoms with Gasteiger partial charge in [0.05, 0.1) is 3.58 Å². The standard InChI is InChI=1S/C10H18I2O2/c1-2-3-4-5-6-7-8(11)9(12)10(13)14/h8,13-14H,2-7H2,1H3. The summed E-state index contributed by atoms with van der Waals surface area (Å²) >= 11 is 4.26. The zero-order chi connectivity index (χ0) is 11.0. The molecule has 0 aromatic carbocycles. The zero-order valence-corrected chi connectivity index (χ0v) is 12.8. The topological polar surface area (TPSA) is 40.5 Å². The Kier molecular flexibility index (Phi) is 9.57. The second-order valence-corrected chi connectivity index (χ2v) is 6.01. The van der Waals surface area contributed by atoms with E-state index in [0.717, 1.165) is 6.42 Å². The Balaban J connectivity index is 3.54. The Labute approximate surface area is 113 Å². The summed E-state index contributed by atoms with van der Waals surface area (Å²) in [6.07, 6.45) is 7.34. The van der Waals surface area contributed by atoms with E-state index in [1.165, 1.54) is 32.1 Å². The molecular formula is C10H18I2O2. The summed E-state index contributed by atoms with van der Waals surface area (Å²) in [5.41, 5.74) is 0. The summed E-state index contributed by atoms with van der Waals surface area (Å²) in [4.78, 5) is 0. The van der Waals surface area contributed by atoms with Gasteiger partial charge in [0.15, 0.2) is 0 Å². The van der Waals surface area contributed by atoms with Crippen molar-refractivity contribution in [1.82, 2.24) is 0 Å². The normalized spacial score (nSPS) is 12.5. The number of rotatable bonds is 7. The van der Waals surface area contributed by atoms with Crippen molar-refractivity contribution in [2.45, 2.75) is 49.4 Å². The van der Waals surface area contributed by atoms with Crippen molar-refractivity contribution in [3.05, 3.63) is 9.53 Å². The molecule has 0 radical (unpaired) electrons. The number of aliphatic hydroxyl groups excluding tert-OH is 1. The molecule has 0 bridgehead atoms. The van der Waals surface area contributed by atoms with E-state index < -0.39 is 5.95 Å². The van der Waals surface area contributed by atoms with Crippen molar-refractivity contribution in [3.8, 4) is 0 Å². The molecule has 0 aromatic heterocycles. The number of aliphatic hydroxyl groups is 2. The van der Waals surface area contributed by atoms with Crippen LogP contribution in [0.3, 0.4) is 0 Å². The van der Waals surface area contributed by atoms with Gasteiger partial charge in [0.25, 0.3) is 5.95 Å². The largest absolute Gasteiger partial charge is 0.481 e. The van der Waals surface area contributed by atoms with E-state index in [0.29, 0.717) is 3.58 Å². The average molecular weight is 424 g/mol. The first kappa shape index (κ1) is 14.8. The van der Waals surface area contributed by atoms with Gasteiger partial charge < -0.3 is 10.2 Å². The monoisotopic (exact) mass is 424 g/mol. The van der Waals surface area contributed by atoms with Crippen LogP contribution in [0.5, 0.6) is 0 Å². The Bertz CT molecular complexity index is 177. The van der Waals surface area contributed by atoms with Gasteiger partial charge >= 0.3 is 0 Å². The first-order valence-electron chi connectivity index (χ1n) is 5.01. The van der Waals surface area contributed by atoms with E-state index in [-0.39, 0.29) is 3.92 Å². The minimum absolute atomic E-state index is 0.250. The summed E-state index contributed by atoms with van der Waals surface area (Å²) in [5, 5.41) is 17.7. The minimum Gasteiger partial charge on any atom is -0.481 e. The van der Waals surface area contributed by atoms with E-state index >= 15 is 0 Å². The lowest BCUT2D eigenvalue weighted by Gasteiger charge is -2.08. The molecule has 14 heavy (non-hydrogen) atoms. The Morgan fingerprint density at radius 3 is 2.21 bits per heavy atom. The molecule has 0 fully saturated rings. The van der Waals surface area contributed by atoms with Crippen LogP contribution in [0.2, 0.25) is 0 Å². The van der Waals surface area contributed by atoms with Crippen molar-refractivity contribution >= 4 is 45.2 Å². The summed E-state index contributed by atoms with van der Waals surface area (Å²) < 4.78 is 0.915. The van der Waals surface area contributed by atoms with Crippen LogP contribution in [0, 0.1) is 0 Å². The molecule has 84 valence electrons. The number of allylic oxidation sites excluding steroid dienone is 1.